The molecule has 140 valence electrons. The molecule has 0 aliphatic rings. The van der Waals surface area contributed by atoms with Gasteiger partial charge >= 0.3 is 0 Å². The lowest BCUT2D eigenvalue weighted by molar-refractivity contribution is 0.521. The lowest BCUT2D eigenvalue weighted by Gasteiger charge is -2.10. The molecule has 1 aromatic heterocycles. The van der Waals surface area contributed by atoms with E-state index in [2.05, 4.69) is 47.7 Å². The number of halogens is 1. The molecule has 0 saturated heterocycles. The van der Waals surface area contributed by atoms with Gasteiger partial charge in [0.05, 0.1) is 6.20 Å². The van der Waals surface area contributed by atoms with Crippen molar-refractivity contribution in [3.8, 4) is 0 Å². The Balaban J connectivity index is 0.00000529. The Morgan fingerprint density at radius 3 is 2.58 bits per heavy atom. The third-order valence-corrected chi connectivity index (χ3v) is 3.77. The maximum atomic E-state index is 4.66. The molecule has 0 saturated carbocycles. The highest BCUT2D eigenvalue weighted by Gasteiger charge is 1.99. The molecular formula is C18H36IN5. The summed E-state index contributed by atoms with van der Waals surface area (Å²) in [5.74, 6) is 1.76. The molecule has 0 atom stereocenters. The molecule has 0 amide bonds. The summed E-state index contributed by atoms with van der Waals surface area (Å²) in [5, 5.41) is 10.9. The predicted octanol–water partition coefficient (Wildman–Crippen LogP) is 3.74. The number of aliphatic imine (C=N–C) groups is 1. The molecular weight excluding hydrogens is 413 g/mol. The van der Waals surface area contributed by atoms with E-state index in [-0.39, 0.29) is 24.0 Å². The molecule has 0 aliphatic heterocycles. The lowest BCUT2D eigenvalue weighted by Crippen LogP contribution is -2.38. The van der Waals surface area contributed by atoms with Gasteiger partial charge in [-0.05, 0) is 31.2 Å². The Bertz CT molecular complexity index is 442. The minimum absolute atomic E-state index is 0. The van der Waals surface area contributed by atoms with Crippen LogP contribution in [-0.4, -0.2) is 35.4 Å². The zero-order valence-corrected chi connectivity index (χ0v) is 18.2. The molecule has 0 unspecified atom stereocenters. The second-order valence-electron chi connectivity index (χ2n) is 6.56. The topological polar surface area (TPSA) is 54.2 Å². The molecule has 24 heavy (non-hydrogen) atoms. The van der Waals surface area contributed by atoms with Crippen LogP contribution in [0, 0.1) is 5.92 Å². The largest absolute Gasteiger partial charge is 0.357 e. The average Bonchev–Trinajstić information content (AvgIpc) is 2.91. The Morgan fingerprint density at radius 2 is 1.96 bits per heavy atom. The fourth-order valence-electron chi connectivity index (χ4n) is 2.48. The molecule has 1 rings (SSSR count). The van der Waals surface area contributed by atoms with E-state index < -0.39 is 0 Å². The third kappa shape index (κ3) is 11.7. The van der Waals surface area contributed by atoms with Gasteiger partial charge in [-0.3, -0.25) is 9.67 Å². The molecule has 6 heteroatoms. The molecule has 1 heterocycles. The van der Waals surface area contributed by atoms with E-state index >= 15 is 0 Å². The molecule has 0 fully saturated rings. The van der Waals surface area contributed by atoms with Gasteiger partial charge in [-0.15, -0.1) is 24.0 Å². The fraction of sp³-hybridized carbons (Fsp3) is 0.778. The number of guanidine groups is 1. The Kier molecular flexibility index (Phi) is 14.1. The zero-order chi connectivity index (χ0) is 16.9. The second kappa shape index (κ2) is 14.5. The quantitative estimate of drug-likeness (QED) is 0.234. The molecule has 1 aromatic rings. The Morgan fingerprint density at radius 1 is 1.21 bits per heavy atom. The summed E-state index contributed by atoms with van der Waals surface area (Å²) in [6.07, 6.45) is 11.4. The molecule has 5 nitrogen and oxygen atoms in total. The second-order valence-corrected chi connectivity index (χ2v) is 6.56. The van der Waals surface area contributed by atoms with Crippen LogP contribution in [0.1, 0.15) is 58.4 Å². The number of nitrogens with one attached hydrogen (secondary N) is 2. The van der Waals surface area contributed by atoms with Gasteiger partial charge in [-0.25, -0.2) is 0 Å². The fourth-order valence-corrected chi connectivity index (χ4v) is 2.48. The van der Waals surface area contributed by atoms with Crippen molar-refractivity contribution in [2.24, 2.45) is 18.0 Å². The van der Waals surface area contributed by atoms with Crippen LogP contribution in [0.3, 0.4) is 0 Å². The van der Waals surface area contributed by atoms with Gasteiger partial charge in [-0.1, -0.05) is 39.5 Å². The smallest absolute Gasteiger partial charge is 0.191 e. The van der Waals surface area contributed by atoms with Gasteiger partial charge in [0.2, 0.25) is 0 Å². The van der Waals surface area contributed by atoms with Crippen LogP contribution in [0.25, 0.3) is 0 Å². The van der Waals surface area contributed by atoms with Crippen molar-refractivity contribution >= 4 is 29.9 Å². The van der Waals surface area contributed by atoms with Crippen LogP contribution < -0.4 is 10.6 Å². The minimum Gasteiger partial charge on any atom is -0.357 e. The molecule has 0 aromatic carbocycles. The number of aromatic nitrogens is 2. The maximum absolute atomic E-state index is 4.66. The number of rotatable bonds is 11. The van der Waals surface area contributed by atoms with Gasteiger partial charge in [0.25, 0.3) is 0 Å². The molecule has 2 N–H and O–H groups in total. The maximum Gasteiger partial charge on any atom is 0.191 e. The first-order chi connectivity index (χ1) is 11.1. The Labute approximate surface area is 165 Å². The number of hydrogen-bond acceptors (Lipinski definition) is 2. The normalized spacial score (nSPS) is 11.5. The minimum atomic E-state index is 0. The summed E-state index contributed by atoms with van der Waals surface area (Å²) in [7, 11) is 1.95. The molecule has 0 radical (unpaired) electrons. The standard InChI is InChI=1S/C18H35N5.HI/c1-5-19-18(20-12-9-7-6-8-10-16(2)3)21-13-11-17-14-22-23(4)15-17;/h14-16H,5-13H2,1-4H3,(H2,19,20,21);1H. The Hall–Kier alpha value is -0.790. The summed E-state index contributed by atoms with van der Waals surface area (Å²) in [6.45, 7) is 9.38. The van der Waals surface area contributed by atoms with Gasteiger partial charge in [0.15, 0.2) is 5.96 Å². The first-order valence-corrected chi connectivity index (χ1v) is 9.11. The van der Waals surface area contributed by atoms with Crippen molar-refractivity contribution in [1.82, 2.24) is 20.4 Å². The average molecular weight is 449 g/mol. The SMILES string of the molecule is CCNC(=NCCCCCCC(C)C)NCCc1cnn(C)c1.I. The molecule has 0 spiro atoms. The highest BCUT2D eigenvalue weighted by Crippen LogP contribution is 2.09. The highest BCUT2D eigenvalue weighted by molar-refractivity contribution is 14.0. The van der Waals surface area contributed by atoms with E-state index in [1.54, 1.807) is 0 Å². The van der Waals surface area contributed by atoms with E-state index in [0.29, 0.717) is 0 Å². The van der Waals surface area contributed by atoms with Crippen LogP contribution in [0.2, 0.25) is 0 Å². The summed E-state index contributed by atoms with van der Waals surface area (Å²) in [4.78, 5) is 4.66. The van der Waals surface area contributed by atoms with Crippen LogP contribution in [0.4, 0.5) is 0 Å². The monoisotopic (exact) mass is 449 g/mol. The van der Waals surface area contributed by atoms with Crippen LogP contribution in [0.15, 0.2) is 17.4 Å². The van der Waals surface area contributed by atoms with E-state index in [9.17, 15) is 0 Å². The van der Waals surface area contributed by atoms with E-state index in [1.807, 2.05) is 17.9 Å². The third-order valence-electron chi connectivity index (χ3n) is 3.77. The number of nitrogens with zero attached hydrogens (tertiary/aromatic N) is 3. The highest BCUT2D eigenvalue weighted by atomic mass is 127. The van der Waals surface area contributed by atoms with Crippen LogP contribution in [-0.2, 0) is 13.5 Å². The van der Waals surface area contributed by atoms with Gasteiger partial charge in [0.1, 0.15) is 0 Å². The van der Waals surface area contributed by atoms with Gasteiger partial charge in [-0.2, -0.15) is 5.10 Å². The van der Waals surface area contributed by atoms with Crippen LogP contribution >= 0.6 is 24.0 Å². The van der Waals surface area contributed by atoms with Crippen molar-refractivity contribution in [3.63, 3.8) is 0 Å². The predicted molar refractivity (Wildman–Crippen MR) is 114 cm³/mol. The van der Waals surface area contributed by atoms with Crippen LogP contribution in [0.5, 0.6) is 0 Å². The van der Waals surface area contributed by atoms with Gasteiger partial charge in [0, 0.05) is 32.9 Å². The summed E-state index contributed by atoms with van der Waals surface area (Å²) >= 11 is 0. The van der Waals surface area contributed by atoms with Crippen molar-refractivity contribution in [3.05, 3.63) is 18.0 Å². The van der Waals surface area contributed by atoms with Crippen molar-refractivity contribution in [2.75, 3.05) is 19.6 Å². The first-order valence-electron chi connectivity index (χ1n) is 9.11. The van der Waals surface area contributed by atoms with Crippen molar-refractivity contribution < 1.29 is 0 Å². The summed E-state index contributed by atoms with van der Waals surface area (Å²) in [6, 6.07) is 0. The lowest BCUT2D eigenvalue weighted by atomic mass is 10.0. The zero-order valence-electron chi connectivity index (χ0n) is 15.8. The number of aryl methyl sites for hydroxylation is 1. The van der Waals surface area contributed by atoms with E-state index in [0.717, 1.165) is 37.9 Å². The summed E-state index contributed by atoms with van der Waals surface area (Å²) in [5.41, 5.74) is 1.25. The summed E-state index contributed by atoms with van der Waals surface area (Å²) < 4.78 is 1.84. The van der Waals surface area contributed by atoms with Gasteiger partial charge < -0.3 is 10.6 Å². The number of hydrogen-bond donors (Lipinski definition) is 2. The molecule has 0 aliphatic carbocycles. The van der Waals surface area contributed by atoms with Crippen molar-refractivity contribution in [2.45, 2.75) is 59.3 Å². The van der Waals surface area contributed by atoms with E-state index in [1.165, 1.54) is 37.7 Å². The first kappa shape index (κ1) is 23.2. The molecule has 0 bridgehead atoms. The van der Waals surface area contributed by atoms with E-state index in [4.69, 9.17) is 0 Å². The number of unbranched alkanes of at least 4 members (excludes halogenated alkanes) is 3. The van der Waals surface area contributed by atoms with Crippen molar-refractivity contribution in [1.29, 1.82) is 0 Å².